The van der Waals surface area contributed by atoms with Crippen molar-refractivity contribution in [2.45, 2.75) is 25.9 Å². The molecule has 0 aliphatic heterocycles. The Kier molecular flexibility index (Phi) is 5.99. The number of hydrogen-bond acceptors (Lipinski definition) is 2. The first-order valence-corrected chi connectivity index (χ1v) is 5.46. The van der Waals surface area contributed by atoms with E-state index in [0.29, 0.717) is 12.2 Å². The lowest BCUT2D eigenvalue weighted by atomic mass is 10.1. The van der Waals surface area contributed by atoms with E-state index in [1.807, 2.05) is 0 Å². The molecule has 1 atom stereocenters. The van der Waals surface area contributed by atoms with Crippen molar-refractivity contribution in [2.24, 2.45) is 11.7 Å². The van der Waals surface area contributed by atoms with Gasteiger partial charge in [-0.25, -0.2) is 0 Å². The smallest absolute Gasteiger partial charge is 0.369 e. The van der Waals surface area contributed by atoms with Gasteiger partial charge in [-0.2, -0.15) is 24.9 Å². The summed E-state index contributed by atoms with van der Waals surface area (Å²) in [6, 6.07) is 0. The van der Waals surface area contributed by atoms with Crippen LogP contribution in [0.3, 0.4) is 0 Å². The molecular formula is C8H14F3NOS. The Morgan fingerprint density at radius 2 is 2.07 bits per heavy atom. The highest BCUT2D eigenvalue weighted by Crippen LogP contribution is 2.23. The molecule has 0 radical (unpaired) electrons. The zero-order valence-electron chi connectivity index (χ0n) is 7.93. The second kappa shape index (κ2) is 6.16. The van der Waals surface area contributed by atoms with Crippen LogP contribution in [-0.4, -0.2) is 23.6 Å². The average Bonchev–Trinajstić information content (AvgIpc) is 2.01. The summed E-state index contributed by atoms with van der Waals surface area (Å²) in [6.45, 7) is 1.79. The topological polar surface area (TPSA) is 43.1 Å². The molecule has 2 N–H and O–H groups in total. The molecule has 0 fully saturated rings. The Hall–Kier alpha value is -0.390. The maximum absolute atomic E-state index is 11.7. The molecule has 0 unspecified atom stereocenters. The lowest BCUT2D eigenvalue weighted by Crippen LogP contribution is -2.24. The van der Waals surface area contributed by atoms with Gasteiger partial charge in [0, 0.05) is 17.4 Å². The molecule has 1 amide bonds. The van der Waals surface area contributed by atoms with Gasteiger partial charge in [-0.1, -0.05) is 6.92 Å². The number of primary amides is 1. The molecule has 0 aliphatic carbocycles. The monoisotopic (exact) mass is 229 g/mol. The zero-order chi connectivity index (χ0) is 11.2. The summed E-state index contributed by atoms with van der Waals surface area (Å²) in [6.07, 6.45) is -4.34. The fourth-order valence-corrected chi connectivity index (χ4v) is 2.04. The lowest BCUT2D eigenvalue weighted by Gasteiger charge is -2.10. The maximum atomic E-state index is 11.7. The molecule has 0 aliphatic rings. The second-order valence-electron chi connectivity index (χ2n) is 2.95. The summed E-state index contributed by atoms with van der Waals surface area (Å²) in [5.74, 6) is -0.380. The van der Waals surface area contributed by atoms with Gasteiger partial charge < -0.3 is 5.73 Å². The Morgan fingerprint density at radius 3 is 2.43 bits per heavy atom. The van der Waals surface area contributed by atoms with E-state index in [1.54, 1.807) is 6.92 Å². The number of carbonyl (C=O) groups is 1. The van der Waals surface area contributed by atoms with E-state index in [1.165, 1.54) is 0 Å². The van der Waals surface area contributed by atoms with Crippen molar-refractivity contribution < 1.29 is 18.0 Å². The quantitative estimate of drug-likeness (QED) is 0.709. The van der Waals surface area contributed by atoms with Gasteiger partial charge in [-0.05, 0) is 6.42 Å². The van der Waals surface area contributed by atoms with Gasteiger partial charge in [-0.15, -0.1) is 0 Å². The largest absolute Gasteiger partial charge is 0.389 e. The van der Waals surface area contributed by atoms with Gasteiger partial charge in [0.05, 0.1) is 6.42 Å². The molecule has 14 heavy (non-hydrogen) atoms. The van der Waals surface area contributed by atoms with E-state index < -0.39 is 18.5 Å². The molecule has 0 saturated heterocycles. The average molecular weight is 229 g/mol. The van der Waals surface area contributed by atoms with E-state index in [9.17, 15) is 18.0 Å². The molecule has 0 aromatic carbocycles. The van der Waals surface area contributed by atoms with Gasteiger partial charge in [0.2, 0.25) is 5.91 Å². The standard InChI is InChI=1S/C8H14F3NOS/c1-2-6(7(12)13)5-14-4-3-8(9,10)11/h6H,2-5H2,1H3,(H2,12,13)/t6-/m0/s1. The second-order valence-corrected chi connectivity index (χ2v) is 4.10. The Balaban J connectivity index is 3.58. The zero-order valence-corrected chi connectivity index (χ0v) is 8.75. The van der Waals surface area contributed by atoms with Gasteiger partial charge in [-0.3, -0.25) is 4.79 Å². The van der Waals surface area contributed by atoms with Crippen molar-refractivity contribution in [1.82, 2.24) is 0 Å². The van der Waals surface area contributed by atoms with Crippen molar-refractivity contribution in [2.75, 3.05) is 11.5 Å². The molecule has 0 spiro atoms. The number of hydrogen-bond donors (Lipinski definition) is 1. The third kappa shape index (κ3) is 7.06. The van der Waals surface area contributed by atoms with Crippen LogP contribution >= 0.6 is 11.8 Å². The van der Waals surface area contributed by atoms with Crippen LogP contribution in [0.25, 0.3) is 0 Å². The summed E-state index contributed by atoms with van der Waals surface area (Å²) in [4.78, 5) is 10.7. The molecule has 0 saturated carbocycles. The number of amides is 1. The minimum Gasteiger partial charge on any atom is -0.369 e. The molecule has 0 heterocycles. The number of carbonyl (C=O) groups excluding carboxylic acids is 1. The third-order valence-electron chi connectivity index (χ3n) is 1.74. The Morgan fingerprint density at radius 1 is 1.50 bits per heavy atom. The van der Waals surface area contributed by atoms with E-state index >= 15 is 0 Å². The third-order valence-corrected chi connectivity index (χ3v) is 2.87. The van der Waals surface area contributed by atoms with Gasteiger partial charge in [0.15, 0.2) is 0 Å². The minimum absolute atomic E-state index is 0.00667. The van der Waals surface area contributed by atoms with Crippen LogP contribution < -0.4 is 5.73 Å². The van der Waals surface area contributed by atoms with Crippen LogP contribution in [0.4, 0.5) is 13.2 Å². The first-order valence-electron chi connectivity index (χ1n) is 4.30. The number of nitrogens with two attached hydrogens (primary N) is 1. The van der Waals surface area contributed by atoms with Crippen LogP contribution in [0.15, 0.2) is 0 Å². The number of thioether (sulfide) groups is 1. The molecule has 0 aromatic rings. The van der Waals surface area contributed by atoms with Crippen molar-refractivity contribution in [1.29, 1.82) is 0 Å². The molecular weight excluding hydrogens is 215 g/mol. The van der Waals surface area contributed by atoms with E-state index in [-0.39, 0.29) is 11.7 Å². The van der Waals surface area contributed by atoms with Crippen molar-refractivity contribution in [3.63, 3.8) is 0 Å². The first kappa shape index (κ1) is 13.6. The highest BCUT2D eigenvalue weighted by Gasteiger charge is 2.26. The summed E-state index contributed by atoms with van der Waals surface area (Å²) in [5, 5.41) is 0. The van der Waals surface area contributed by atoms with E-state index in [2.05, 4.69) is 0 Å². The molecule has 6 heteroatoms. The summed E-state index contributed by atoms with van der Waals surface area (Å²) in [5.41, 5.74) is 5.04. The normalized spacial score (nSPS) is 14.0. The Bertz CT molecular complexity index is 184. The Labute approximate surface area is 85.4 Å². The molecule has 0 rings (SSSR count). The van der Waals surface area contributed by atoms with Gasteiger partial charge in [0.25, 0.3) is 0 Å². The van der Waals surface area contributed by atoms with Crippen molar-refractivity contribution in [3.05, 3.63) is 0 Å². The van der Waals surface area contributed by atoms with Crippen LogP contribution in [0.5, 0.6) is 0 Å². The van der Waals surface area contributed by atoms with Crippen LogP contribution in [0.1, 0.15) is 19.8 Å². The fraction of sp³-hybridized carbons (Fsp3) is 0.875. The van der Waals surface area contributed by atoms with E-state index in [4.69, 9.17) is 5.73 Å². The molecule has 0 bridgehead atoms. The van der Waals surface area contributed by atoms with Crippen LogP contribution in [-0.2, 0) is 4.79 Å². The van der Waals surface area contributed by atoms with Crippen molar-refractivity contribution >= 4 is 17.7 Å². The summed E-state index contributed by atoms with van der Waals surface area (Å²) in [7, 11) is 0. The minimum atomic E-state index is -4.11. The predicted molar refractivity (Wildman–Crippen MR) is 51.0 cm³/mol. The highest BCUT2D eigenvalue weighted by atomic mass is 32.2. The van der Waals surface area contributed by atoms with Crippen molar-refractivity contribution in [3.8, 4) is 0 Å². The molecule has 2 nitrogen and oxygen atoms in total. The highest BCUT2D eigenvalue weighted by molar-refractivity contribution is 7.99. The molecule has 84 valence electrons. The SMILES string of the molecule is CC[C@@H](CSCCC(F)(F)F)C(N)=O. The lowest BCUT2D eigenvalue weighted by molar-refractivity contribution is -0.129. The maximum Gasteiger partial charge on any atom is 0.389 e. The van der Waals surface area contributed by atoms with Gasteiger partial charge in [0.1, 0.15) is 0 Å². The summed E-state index contributed by atoms with van der Waals surface area (Å²) >= 11 is 1.12. The first-order chi connectivity index (χ1) is 6.37. The molecule has 0 aromatic heterocycles. The predicted octanol–water partition coefficient (Wildman–Crippen LogP) is 2.18. The van der Waals surface area contributed by atoms with E-state index in [0.717, 1.165) is 11.8 Å². The summed E-state index contributed by atoms with van der Waals surface area (Å²) < 4.78 is 35.1. The number of halogens is 3. The fourth-order valence-electron chi connectivity index (χ4n) is 0.815. The number of alkyl halides is 3. The van der Waals surface area contributed by atoms with Crippen LogP contribution in [0.2, 0.25) is 0 Å². The van der Waals surface area contributed by atoms with Crippen LogP contribution in [0, 0.1) is 5.92 Å². The number of rotatable bonds is 6. The van der Waals surface area contributed by atoms with Gasteiger partial charge >= 0.3 is 6.18 Å².